The van der Waals surface area contributed by atoms with Crippen molar-refractivity contribution in [2.24, 2.45) is 0 Å². The fourth-order valence-electron chi connectivity index (χ4n) is 6.14. The Bertz CT molecular complexity index is 2430. The normalized spacial score (nSPS) is 11.5. The SMILES string of the molecule is c1ccc(-c2nc(-c3ccccc3)nc(-c3ccc(-n4c5ccccc5c5cccc(-c6nc7ccccc7o6)c54)cc3)n2)cc1. The fourth-order valence-corrected chi connectivity index (χ4v) is 6.14. The molecule has 6 heteroatoms. The Balaban J connectivity index is 1.21. The van der Waals surface area contributed by atoms with Crippen LogP contribution in [-0.2, 0) is 0 Å². The Morgan fingerprint density at radius 3 is 1.67 bits per heavy atom. The Kier molecular flexibility index (Phi) is 6.03. The summed E-state index contributed by atoms with van der Waals surface area (Å²) in [6.45, 7) is 0. The molecule has 46 heavy (non-hydrogen) atoms. The van der Waals surface area contributed by atoms with Gasteiger partial charge in [-0.25, -0.2) is 19.9 Å². The minimum absolute atomic E-state index is 0.597. The molecule has 3 aromatic heterocycles. The van der Waals surface area contributed by atoms with E-state index in [-0.39, 0.29) is 0 Å². The minimum atomic E-state index is 0.597. The Morgan fingerprint density at radius 2 is 1.00 bits per heavy atom. The molecule has 0 aliphatic rings. The predicted octanol–water partition coefficient (Wildman–Crippen LogP) is 9.78. The lowest BCUT2D eigenvalue weighted by Crippen LogP contribution is -2.00. The first-order valence-electron chi connectivity index (χ1n) is 15.2. The molecule has 0 saturated carbocycles. The molecule has 0 amide bonds. The van der Waals surface area contributed by atoms with Crippen molar-refractivity contribution in [3.8, 4) is 51.3 Å². The number of hydrogen-bond acceptors (Lipinski definition) is 5. The van der Waals surface area contributed by atoms with Crippen LogP contribution < -0.4 is 0 Å². The second-order valence-electron chi connectivity index (χ2n) is 11.1. The molecule has 0 aliphatic carbocycles. The number of fused-ring (bicyclic) bond motifs is 4. The molecule has 0 bridgehead atoms. The topological polar surface area (TPSA) is 69.6 Å². The van der Waals surface area contributed by atoms with Gasteiger partial charge in [0.1, 0.15) is 5.52 Å². The summed E-state index contributed by atoms with van der Waals surface area (Å²) in [5.41, 5.74) is 8.49. The molecule has 9 rings (SSSR count). The highest BCUT2D eigenvalue weighted by molar-refractivity contribution is 6.13. The van der Waals surface area contributed by atoms with Gasteiger partial charge in [0, 0.05) is 33.2 Å². The lowest BCUT2D eigenvalue weighted by molar-refractivity contribution is 0.620. The van der Waals surface area contributed by atoms with Crippen LogP contribution in [0.3, 0.4) is 0 Å². The van der Waals surface area contributed by atoms with Gasteiger partial charge in [-0.2, -0.15) is 0 Å². The number of nitrogens with zero attached hydrogens (tertiary/aromatic N) is 5. The summed E-state index contributed by atoms with van der Waals surface area (Å²) in [4.78, 5) is 19.5. The fraction of sp³-hybridized carbons (Fsp3) is 0. The van der Waals surface area contributed by atoms with Crippen molar-refractivity contribution < 1.29 is 4.42 Å². The molecule has 3 heterocycles. The minimum Gasteiger partial charge on any atom is -0.436 e. The van der Waals surface area contributed by atoms with Crippen molar-refractivity contribution in [2.75, 3.05) is 0 Å². The molecule has 0 fully saturated rings. The van der Waals surface area contributed by atoms with Crippen molar-refractivity contribution in [1.82, 2.24) is 24.5 Å². The van der Waals surface area contributed by atoms with E-state index >= 15 is 0 Å². The number of para-hydroxylation sites is 4. The van der Waals surface area contributed by atoms with E-state index in [9.17, 15) is 0 Å². The number of aromatic nitrogens is 5. The van der Waals surface area contributed by atoms with Gasteiger partial charge >= 0.3 is 0 Å². The van der Waals surface area contributed by atoms with E-state index in [0.29, 0.717) is 23.4 Å². The van der Waals surface area contributed by atoms with E-state index in [0.717, 1.165) is 60.8 Å². The molecule has 9 aromatic rings. The zero-order chi connectivity index (χ0) is 30.5. The first kappa shape index (κ1) is 26.0. The largest absolute Gasteiger partial charge is 0.436 e. The second-order valence-corrected chi connectivity index (χ2v) is 11.1. The van der Waals surface area contributed by atoms with E-state index in [2.05, 4.69) is 71.3 Å². The third-order valence-corrected chi connectivity index (χ3v) is 8.30. The Hall–Kier alpha value is -6.40. The summed E-state index contributed by atoms with van der Waals surface area (Å²) >= 11 is 0. The van der Waals surface area contributed by atoms with Crippen LogP contribution in [-0.4, -0.2) is 24.5 Å². The number of benzene rings is 6. The standard InChI is InChI=1S/C40H25N5O/c1-3-12-26(13-4-1)37-42-38(27-14-5-2-6-15-27)44-39(43-37)28-22-24-29(25-23-28)45-34-20-9-7-16-30(34)31-17-11-18-32(36(31)45)40-41-33-19-8-10-21-35(33)46-40/h1-25H. The van der Waals surface area contributed by atoms with Gasteiger partial charge in [0.15, 0.2) is 23.1 Å². The molecule has 0 saturated heterocycles. The average molecular weight is 592 g/mol. The maximum atomic E-state index is 6.27. The lowest BCUT2D eigenvalue weighted by Gasteiger charge is -2.12. The number of rotatable bonds is 5. The molecule has 0 unspecified atom stereocenters. The lowest BCUT2D eigenvalue weighted by atomic mass is 10.1. The molecule has 0 spiro atoms. The molecule has 0 radical (unpaired) electrons. The highest BCUT2D eigenvalue weighted by Gasteiger charge is 2.20. The van der Waals surface area contributed by atoms with E-state index in [4.69, 9.17) is 24.4 Å². The number of hydrogen-bond donors (Lipinski definition) is 0. The summed E-state index contributed by atoms with van der Waals surface area (Å²) in [5, 5.41) is 2.30. The first-order chi connectivity index (χ1) is 22.8. The molecule has 6 aromatic carbocycles. The predicted molar refractivity (Wildman–Crippen MR) is 183 cm³/mol. The zero-order valence-electron chi connectivity index (χ0n) is 24.6. The van der Waals surface area contributed by atoms with Crippen molar-refractivity contribution >= 4 is 32.9 Å². The molecular formula is C40H25N5O. The van der Waals surface area contributed by atoms with Crippen LogP contribution in [0.1, 0.15) is 0 Å². The maximum absolute atomic E-state index is 6.27. The first-order valence-corrected chi connectivity index (χ1v) is 15.2. The summed E-state index contributed by atoms with van der Waals surface area (Å²) in [6.07, 6.45) is 0. The van der Waals surface area contributed by atoms with E-state index < -0.39 is 0 Å². The van der Waals surface area contributed by atoms with Crippen molar-refractivity contribution in [2.45, 2.75) is 0 Å². The monoisotopic (exact) mass is 591 g/mol. The van der Waals surface area contributed by atoms with Gasteiger partial charge in [-0.05, 0) is 48.5 Å². The molecule has 216 valence electrons. The summed E-state index contributed by atoms with van der Waals surface area (Å²) in [6, 6.07) is 51.1. The third-order valence-electron chi connectivity index (χ3n) is 8.30. The van der Waals surface area contributed by atoms with Crippen LogP contribution in [0.2, 0.25) is 0 Å². The molecule has 0 aliphatic heterocycles. The third kappa shape index (κ3) is 4.35. The Labute approximate surface area is 264 Å². The molecule has 0 N–H and O–H groups in total. The van der Waals surface area contributed by atoms with E-state index in [1.165, 1.54) is 0 Å². The van der Waals surface area contributed by atoms with Gasteiger partial charge in [-0.15, -0.1) is 0 Å². The maximum Gasteiger partial charge on any atom is 0.229 e. The van der Waals surface area contributed by atoms with Gasteiger partial charge in [0.25, 0.3) is 0 Å². The molecule has 6 nitrogen and oxygen atoms in total. The highest BCUT2D eigenvalue weighted by atomic mass is 16.3. The van der Waals surface area contributed by atoms with E-state index in [1.54, 1.807) is 0 Å². The highest BCUT2D eigenvalue weighted by Crippen LogP contribution is 2.39. The van der Waals surface area contributed by atoms with Crippen LogP contribution in [0.15, 0.2) is 156 Å². The van der Waals surface area contributed by atoms with Gasteiger partial charge in [-0.3, -0.25) is 0 Å². The average Bonchev–Trinajstić information content (AvgIpc) is 3.72. The quantitative estimate of drug-likeness (QED) is 0.199. The van der Waals surface area contributed by atoms with Crippen molar-refractivity contribution in [3.63, 3.8) is 0 Å². The van der Waals surface area contributed by atoms with Crippen LogP contribution in [0.25, 0.3) is 84.2 Å². The van der Waals surface area contributed by atoms with Gasteiger partial charge in [0.2, 0.25) is 5.89 Å². The van der Waals surface area contributed by atoms with Crippen LogP contribution in [0.5, 0.6) is 0 Å². The molecule has 0 atom stereocenters. The van der Waals surface area contributed by atoms with Crippen molar-refractivity contribution in [3.05, 3.63) is 152 Å². The molecular weight excluding hydrogens is 566 g/mol. The Morgan fingerprint density at radius 1 is 0.435 bits per heavy atom. The van der Waals surface area contributed by atoms with Gasteiger partial charge in [-0.1, -0.05) is 103 Å². The summed E-state index contributed by atoms with van der Waals surface area (Å²) in [5.74, 6) is 2.49. The smallest absolute Gasteiger partial charge is 0.229 e. The second kappa shape index (κ2) is 10.6. The van der Waals surface area contributed by atoms with Gasteiger partial charge < -0.3 is 8.98 Å². The summed E-state index contributed by atoms with van der Waals surface area (Å²) in [7, 11) is 0. The van der Waals surface area contributed by atoms with E-state index in [1.807, 2.05) is 84.9 Å². The van der Waals surface area contributed by atoms with Crippen molar-refractivity contribution in [1.29, 1.82) is 0 Å². The zero-order valence-corrected chi connectivity index (χ0v) is 24.6. The van der Waals surface area contributed by atoms with Gasteiger partial charge in [0.05, 0.1) is 16.6 Å². The van der Waals surface area contributed by atoms with Crippen LogP contribution >= 0.6 is 0 Å². The van der Waals surface area contributed by atoms with Crippen LogP contribution in [0, 0.1) is 0 Å². The summed E-state index contributed by atoms with van der Waals surface area (Å²) < 4.78 is 8.56. The van der Waals surface area contributed by atoms with Crippen LogP contribution in [0.4, 0.5) is 0 Å². The number of oxazole rings is 1.